The van der Waals surface area contributed by atoms with Gasteiger partial charge in [-0.05, 0) is 39.0 Å². The highest BCUT2D eigenvalue weighted by Crippen LogP contribution is 2.80. The van der Waals surface area contributed by atoms with Gasteiger partial charge < -0.3 is 14.2 Å². The zero-order valence-electron chi connectivity index (χ0n) is 12.8. The van der Waals surface area contributed by atoms with Crippen LogP contribution in [-0.4, -0.2) is 30.4 Å². The molecule has 1 spiro atoms. The molecule has 1 saturated heterocycles. The monoisotopic (exact) mass is 294 g/mol. The molecule has 0 N–H and O–H groups in total. The zero-order chi connectivity index (χ0) is 15.0. The van der Waals surface area contributed by atoms with Crippen molar-refractivity contribution in [3.05, 3.63) is 0 Å². The third-order valence-corrected chi connectivity index (χ3v) is 6.40. The van der Waals surface area contributed by atoms with Crippen LogP contribution in [0, 0.1) is 22.7 Å². The number of ether oxygens (including phenoxy) is 3. The molecule has 0 aromatic rings. The van der Waals surface area contributed by atoms with Crippen LogP contribution in [0.4, 0.5) is 0 Å². The Morgan fingerprint density at radius 3 is 2.86 bits per heavy atom. The molecule has 5 heteroatoms. The molecule has 116 valence electrons. The molecule has 0 amide bonds. The second-order valence-electron chi connectivity index (χ2n) is 7.77. The molecule has 5 nitrogen and oxygen atoms in total. The first-order valence-corrected chi connectivity index (χ1v) is 7.88. The van der Waals surface area contributed by atoms with Crippen molar-refractivity contribution in [2.45, 2.75) is 58.2 Å². The maximum Gasteiger partial charge on any atom is 0.313 e. The summed E-state index contributed by atoms with van der Waals surface area (Å²) >= 11 is 0. The summed E-state index contributed by atoms with van der Waals surface area (Å²) in [4.78, 5) is 23.9. The summed E-state index contributed by atoms with van der Waals surface area (Å²) in [7, 11) is 0. The Balaban J connectivity index is 1.38. The Morgan fingerprint density at radius 1 is 1.38 bits per heavy atom. The van der Waals surface area contributed by atoms with Crippen molar-refractivity contribution < 1.29 is 23.8 Å². The fourth-order valence-corrected chi connectivity index (χ4v) is 4.66. The van der Waals surface area contributed by atoms with E-state index in [0.29, 0.717) is 5.92 Å². The Labute approximate surface area is 124 Å². The second kappa shape index (κ2) is 3.80. The van der Waals surface area contributed by atoms with E-state index in [1.807, 2.05) is 20.8 Å². The molecule has 3 aliphatic carbocycles. The van der Waals surface area contributed by atoms with Gasteiger partial charge in [-0.25, -0.2) is 0 Å². The molecule has 5 atom stereocenters. The van der Waals surface area contributed by atoms with Gasteiger partial charge in [0.2, 0.25) is 0 Å². The van der Waals surface area contributed by atoms with Gasteiger partial charge in [0.25, 0.3) is 0 Å². The number of hydrogen-bond acceptors (Lipinski definition) is 5. The van der Waals surface area contributed by atoms with E-state index in [0.717, 1.165) is 25.7 Å². The van der Waals surface area contributed by atoms with Gasteiger partial charge in [0, 0.05) is 12.3 Å². The maximum absolute atomic E-state index is 12.0. The fourth-order valence-electron chi connectivity index (χ4n) is 4.66. The summed E-state index contributed by atoms with van der Waals surface area (Å²) in [6, 6.07) is 0. The van der Waals surface area contributed by atoms with Gasteiger partial charge in [-0.15, -0.1) is 0 Å². The molecule has 0 radical (unpaired) electrons. The normalized spacial score (nSPS) is 45.5. The van der Waals surface area contributed by atoms with Crippen LogP contribution in [0.15, 0.2) is 0 Å². The minimum Gasteiger partial charge on any atom is -0.461 e. The van der Waals surface area contributed by atoms with Crippen LogP contribution in [0.1, 0.15) is 46.5 Å². The Bertz CT molecular complexity index is 527. The molecular formula is C16H22O5. The van der Waals surface area contributed by atoms with Crippen molar-refractivity contribution >= 4 is 11.9 Å². The Morgan fingerprint density at radius 2 is 2.14 bits per heavy atom. The third-order valence-electron chi connectivity index (χ3n) is 6.40. The van der Waals surface area contributed by atoms with Gasteiger partial charge in [-0.2, -0.15) is 0 Å². The minimum absolute atomic E-state index is 0.0114. The zero-order valence-corrected chi connectivity index (χ0v) is 12.8. The SMILES string of the molecule is CCC(C)(C)C(=O)OCOC12CC3OC(=O)C4(CC4C1)C32. The molecule has 4 aliphatic rings. The second-order valence-corrected chi connectivity index (χ2v) is 7.77. The molecule has 5 unspecified atom stereocenters. The first-order valence-electron chi connectivity index (χ1n) is 7.88. The van der Waals surface area contributed by atoms with Crippen LogP contribution in [0.5, 0.6) is 0 Å². The first-order chi connectivity index (χ1) is 9.86. The van der Waals surface area contributed by atoms with Crippen molar-refractivity contribution in [2.75, 3.05) is 6.79 Å². The minimum atomic E-state index is -0.478. The number of hydrogen-bond donors (Lipinski definition) is 0. The number of carbonyl (C=O) groups is 2. The van der Waals surface area contributed by atoms with E-state index in [-0.39, 0.29) is 41.8 Å². The van der Waals surface area contributed by atoms with E-state index in [4.69, 9.17) is 14.2 Å². The predicted molar refractivity (Wildman–Crippen MR) is 72.0 cm³/mol. The summed E-state index contributed by atoms with van der Waals surface area (Å²) in [6.07, 6.45) is 3.40. The molecule has 1 aliphatic heterocycles. The quantitative estimate of drug-likeness (QED) is 0.573. The van der Waals surface area contributed by atoms with Crippen LogP contribution in [-0.2, 0) is 23.8 Å². The summed E-state index contributed by atoms with van der Waals surface area (Å²) in [5.41, 5.74) is -0.999. The molecule has 21 heavy (non-hydrogen) atoms. The fraction of sp³-hybridized carbons (Fsp3) is 0.875. The lowest BCUT2D eigenvalue weighted by atomic mass is 9.64. The predicted octanol–water partition coefficient (Wildman–Crippen LogP) is 2.03. The molecule has 3 saturated carbocycles. The van der Waals surface area contributed by atoms with Crippen LogP contribution in [0.25, 0.3) is 0 Å². The average Bonchev–Trinajstić information content (AvgIpc) is 2.96. The Kier molecular flexibility index (Phi) is 2.46. The summed E-state index contributed by atoms with van der Waals surface area (Å²) < 4.78 is 16.7. The number of rotatable bonds is 5. The van der Waals surface area contributed by atoms with Crippen molar-refractivity contribution in [1.82, 2.24) is 0 Å². The molecule has 4 fully saturated rings. The lowest BCUT2D eigenvalue weighted by Crippen LogP contribution is -2.57. The van der Waals surface area contributed by atoms with E-state index in [1.54, 1.807) is 0 Å². The molecule has 0 bridgehead atoms. The maximum atomic E-state index is 12.0. The van der Waals surface area contributed by atoms with Gasteiger partial charge in [0.1, 0.15) is 6.10 Å². The van der Waals surface area contributed by atoms with E-state index >= 15 is 0 Å². The topological polar surface area (TPSA) is 61.8 Å². The highest BCUT2D eigenvalue weighted by molar-refractivity contribution is 5.86. The summed E-state index contributed by atoms with van der Waals surface area (Å²) in [6.45, 7) is 5.70. The van der Waals surface area contributed by atoms with Crippen molar-refractivity contribution in [3.63, 3.8) is 0 Å². The van der Waals surface area contributed by atoms with Gasteiger partial charge >= 0.3 is 11.9 Å². The molecule has 4 rings (SSSR count). The standard InChI is InChI=1S/C16H22O5/c1-4-14(2,3)12(17)19-8-20-15-5-9-6-16(9)11(15)10(7-15)21-13(16)18/h9-11H,4-8H2,1-3H3. The van der Waals surface area contributed by atoms with E-state index in [2.05, 4.69) is 0 Å². The van der Waals surface area contributed by atoms with Crippen molar-refractivity contribution in [1.29, 1.82) is 0 Å². The van der Waals surface area contributed by atoms with Gasteiger partial charge in [0.05, 0.1) is 16.4 Å². The van der Waals surface area contributed by atoms with E-state index < -0.39 is 5.41 Å². The number of carbonyl (C=O) groups excluding carboxylic acids is 2. The lowest BCUT2D eigenvalue weighted by molar-refractivity contribution is -0.230. The van der Waals surface area contributed by atoms with Gasteiger partial charge in [-0.3, -0.25) is 9.59 Å². The first kappa shape index (κ1) is 13.6. The smallest absolute Gasteiger partial charge is 0.313 e. The third kappa shape index (κ3) is 1.50. The van der Waals surface area contributed by atoms with Crippen LogP contribution in [0.3, 0.4) is 0 Å². The van der Waals surface area contributed by atoms with Crippen molar-refractivity contribution in [3.8, 4) is 0 Å². The highest BCUT2D eigenvalue weighted by atomic mass is 16.7. The van der Waals surface area contributed by atoms with Crippen LogP contribution < -0.4 is 0 Å². The molecule has 0 aromatic heterocycles. The number of esters is 2. The van der Waals surface area contributed by atoms with E-state index in [9.17, 15) is 9.59 Å². The summed E-state index contributed by atoms with van der Waals surface area (Å²) in [5.74, 6) is 0.370. The summed E-state index contributed by atoms with van der Waals surface area (Å²) in [5, 5.41) is 0. The molecule has 1 heterocycles. The lowest BCUT2D eigenvalue weighted by Gasteiger charge is -2.48. The van der Waals surface area contributed by atoms with Crippen molar-refractivity contribution in [2.24, 2.45) is 22.7 Å². The average molecular weight is 294 g/mol. The van der Waals surface area contributed by atoms with Gasteiger partial charge in [0.15, 0.2) is 6.79 Å². The molecular weight excluding hydrogens is 272 g/mol. The Hall–Kier alpha value is -1.10. The largest absolute Gasteiger partial charge is 0.461 e. The molecule has 0 aromatic carbocycles. The highest BCUT2D eigenvalue weighted by Gasteiger charge is 2.86. The van der Waals surface area contributed by atoms with E-state index in [1.165, 1.54) is 0 Å². The van der Waals surface area contributed by atoms with Crippen LogP contribution >= 0.6 is 0 Å². The van der Waals surface area contributed by atoms with Gasteiger partial charge in [-0.1, -0.05) is 6.92 Å². The van der Waals surface area contributed by atoms with Crippen LogP contribution in [0.2, 0.25) is 0 Å².